The Hall–Kier alpha value is -4.84. The van der Waals surface area contributed by atoms with Crippen LogP contribution >= 0.6 is 7.82 Å². The molecule has 0 saturated heterocycles. The second-order valence-electron chi connectivity index (χ2n) is 11.5. The van der Waals surface area contributed by atoms with E-state index in [4.69, 9.17) is 15.5 Å². The third-order valence-electron chi connectivity index (χ3n) is 6.61. The molecule has 1 aromatic rings. The van der Waals surface area contributed by atoms with Gasteiger partial charge in [0.15, 0.2) is 0 Å². The summed E-state index contributed by atoms with van der Waals surface area (Å²) in [7, 11) is -4.81. The molecule has 4 atom stereocenters. The summed E-state index contributed by atoms with van der Waals surface area (Å²) >= 11 is 0. The zero-order valence-corrected chi connectivity index (χ0v) is 28.9. The van der Waals surface area contributed by atoms with E-state index in [0.29, 0.717) is 5.56 Å². The first-order chi connectivity index (χ1) is 23.3. The molecule has 50 heavy (non-hydrogen) atoms. The van der Waals surface area contributed by atoms with Gasteiger partial charge in [0.05, 0.1) is 13.2 Å². The lowest BCUT2D eigenvalue weighted by Gasteiger charge is -2.24. The highest BCUT2D eigenvalue weighted by atomic mass is 31.2. The van der Waals surface area contributed by atoms with E-state index in [2.05, 4.69) is 43.0 Å². The monoisotopic (exact) mass is 727 g/mol. The van der Waals surface area contributed by atoms with Gasteiger partial charge in [-0.2, -0.15) is 0 Å². The Kier molecular flexibility index (Phi) is 18.4. The molecule has 0 heterocycles. The van der Waals surface area contributed by atoms with Crippen LogP contribution in [0.5, 0.6) is 5.75 Å². The average molecular weight is 728 g/mol. The van der Waals surface area contributed by atoms with Crippen molar-refractivity contribution in [2.45, 2.75) is 70.6 Å². The third-order valence-corrected chi connectivity index (χ3v) is 7.06. The number of aliphatic hydroxyl groups is 1. The highest BCUT2D eigenvalue weighted by Gasteiger charge is 2.29. The summed E-state index contributed by atoms with van der Waals surface area (Å²) in [5.41, 5.74) is 5.67. The number of phosphoric acid groups is 1. The molecule has 1 rings (SSSR count). The summed E-state index contributed by atoms with van der Waals surface area (Å²) in [5.74, 6) is -5.59. The minimum atomic E-state index is -4.81. The SMILES string of the molecule is C=CCNC(=O)[C@H](CO)NC(=O)[C@H](CC(C)C)NC(=O)CNC(=O)[C@H](CCC(N)=O)NC(=O)[C@H](Cc1ccc(OP(=O)(O)O)cc1)NC(C)=O. The van der Waals surface area contributed by atoms with E-state index in [1.165, 1.54) is 30.3 Å². The first kappa shape index (κ1) is 43.2. The first-order valence-corrected chi connectivity index (χ1v) is 16.9. The molecular weight excluding hydrogens is 681 g/mol. The highest BCUT2D eigenvalue weighted by molar-refractivity contribution is 7.46. The number of nitrogens with two attached hydrogens (primary N) is 1. The van der Waals surface area contributed by atoms with Crippen LogP contribution in [0.15, 0.2) is 36.9 Å². The first-order valence-electron chi connectivity index (χ1n) is 15.4. The largest absolute Gasteiger partial charge is 0.524 e. The maximum absolute atomic E-state index is 13.3. The Labute approximate surface area is 288 Å². The molecule has 11 N–H and O–H groups in total. The molecule has 0 aliphatic heterocycles. The lowest BCUT2D eigenvalue weighted by atomic mass is 10.0. The van der Waals surface area contributed by atoms with Crippen molar-refractivity contribution in [1.82, 2.24) is 31.9 Å². The van der Waals surface area contributed by atoms with E-state index >= 15 is 0 Å². The summed E-state index contributed by atoms with van der Waals surface area (Å²) in [6.45, 7) is 6.91. The predicted octanol–water partition coefficient (Wildman–Crippen LogP) is -2.62. The van der Waals surface area contributed by atoms with Crippen LogP contribution in [0.3, 0.4) is 0 Å². The summed E-state index contributed by atoms with van der Waals surface area (Å²) < 4.78 is 15.6. The Balaban J connectivity index is 3.01. The number of hydrogen-bond donors (Lipinski definition) is 10. The maximum Gasteiger partial charge on any atom is 0.524 e. The molecule has 0 bridgehead atoms. The van der Waals surface area contributed by atoms with Crippen molar-refractivity contribution in [1.29, 1.82) is 0 Å². The van der Waals surface area contributed by atoms with E-state index in [-0.39, 0.29) is 43.9 Å². The van der Waals surface area contributed by atoms with E-state index < -0.39 is 86.5 Å². The van der Waals surface area contributed by atoms with Gasteiger partial charge in [-0.1, -0.05) is 32.1 Å². The van der Waals surface area contributed by atoms with Gasteiger partial charge < -0.3 is 47.3 Å². The summed E-state index contributed by atoms with van der Waals surface area (Å²) in [6, 6.07) is 0.194. The van der Waals surface area contributed by atoms with Crippen molar-refractivity contribution in [2.75, 3.05) is 19.7 Å². The van der Waals surface area contributed by atoms with Gasteiger partial charge in [0.1, 0.15) is 29.9 Å². The quantitative estimate of drug-likeness (QED) is 0.0434. The number of benzene rings is 1. The number of rotatable bonds is 22. The molecule has 278 valence electrons. The normalized spacial score (nSPS) is 13.4. The van der Waals surface area contributed by atoms with Crippen LogP contribution in [-0.4, -0.2) is 100 Å². The van der Waals surface area contributed by atoms with Crippen molar-refractivity contribution >= 4 is 49.2 Å². The van der Waals surface area contributed by atoms with E-state index in [1.54, 1.807) is 13.8 Å². The van der Waals surface area contributed by atoms with Gasteiger partial charge in [-0.05, 0) is 36.5 Å². The second kappa shape index (κ2) is 21.3. The number of aliphatic hydroxyl groups excluding tert-OH is 1. The molecule has 1 aromatic carbocycles. The van der Waals surface area contributed by atoms with E-state index in [1.807, 2.05) is 0 Å². The number of carbonyl (C=O) groups excluding carboxylic acids is 7. The Morgan fingerprint density at radius 1 is 0.860 bits per heavy atom. The fourth-order valence-electron chi connectivity index (χ4n) is 4.34. The van der Waals surface area contributed by atoms with Crippen molar-refractivity contribution < 1.29 is 57.5 Å². The van der Waals surface area contributed by atoms with Crippen molar-refractivity contribution in [3.05, 3.63) is 42.5 Å². The zero-order chi connectivity index (χ0) is 38.0. The number of nitrogens with one attached hydrogen (secondary N) is 6. The number of primary amides is 1. The molecule has 0 saturated carbocycles. The Bertz CT molecular complexity index is 1420. The summed E-state index contributed by atoms with van der Waals surface area (Å²) in [4.78, 5) is 106. The van der Waals surface area contributed by atoms with E-state index in [0.717, 1.165) is 6.92 Å². The van der Waals surface area contributed by atoms with Gasteiger partial charge in [0, 0.05) is 26.3 Å². The van der Waals surface area contributed by atoms with Gasteiger partial charge in [0.2, 0.25) is 41.4 Å². The van der Waals surface area contributed by atoms with Gasteiger partial charge in [-0.3, -0.25) is 43.3 Å². The van der Waals surface area contributed by atoms with Crippen LogP contribution in [0.25, 0.3) is 0 Å². The average Bonchev–Trinajstić information content (AvgIpc) is 3.01. The second-order valence-corrected chi connectivity index (χ2v) is 12.7. The van der Waals surface area contributed by atoms with Crippen LogP contribution in [0.4, 0.5) is 0 Å². The van der Waals surface area contributed by atoms with Gasteiger partial charge in [-0.15, -0.1) is 6.58 Å². The molecular formula is C30H46N7O12P. The number of amides is 7. The number of hydrogen-bond acceptors (Lipinski definition) is 10. The lowest BCUT2D eigenvalue weighted by Crippen LogP contribution is -2.57. The topological polar surface area (TPSA) is 305 Å². The molecule has 0 unspecified atom stereocenters. The molecule has 19 nitrogen and oxygen atoms in total. The Morgan fingerprint density at radius 2 is 1.44 bits per heavy atom. The van der Waals surface area contributed by atoms with Gasteiger partial charge in [0.25, 0.3) is 0 Å². The van der Waals surface area contributed by atoms with Crippen LogP contribution in [0.2, 0.25) is 0 Å². The van der Waals surface area contributed by atoms with Crippen LogP contribution in [0, 0.1) is 5.92 Å². The van der Waals surface area contributed by atoms with Crippen LogP contribution in [-0.2, 0) is 44.5 Å². The van der Waals surface area contributed by atoms with Gasteiger partial charge >= 0.3 is 7.82 Å². The van der Waals surface area contributed by atoms with Crippen molar-refractivity contribution in [2.24, 2.45) is 11.7 Å². The molecule has 0 aliphatic rings. The summed E-state index contributed by atoms with van der Waals surface area (Å²) in [6.07, 6.45) is 0.816. The molecule has 0 aliphatic carbocycles. The van der Waals surface area contributed by atoms with Crippen LogP contribution in [0.1, 0.15) is 45.6 Å². The molecule has 20 heteroatoms. The van der Waals surface area contributed by atoms with Gasteiger partial charge in [-0.25, -0.2) is 4.57 Å². The molecule has 0 fully saturated rings. The standard InChI is InChI=1S/C30H46N7O12P/c1-5-12-32-28(43)24(16-38)37-29(44)22(13-17(2)3)35-26(41)15-33-27(42)21(10-11-25(31)40)36-30(45)23(34-18(4)39)14-19-6-8-20(9-7-19)49-50(46,47)48/h5-9,17,21-24,38H,1,10-16H2,2-4H3,(H2,31,40)(H,32,43)(H,33,42)(H,34,39)(H,35,41)(H,36,45)(H,37,44)(H2,46,47,48)/t21-,22-,23-,24-/m0/s1. The Morgan fingerprint density at radius 3 is 1.96 bits per heavy atom. The molecule has 7 amide bonds. The third kappa shape index (κ3) is 17.5. The van der Waals surface area contributed by atoms with Crippen LogP contribution < -0.4 is 42.2 Å². The number of phosphoric ester groups is 1. The van der Waals surface area contributed by atoms with Crippen molar-refractivity contribution in [3.8, 4) is 5.75 Å². The fourth-order valence-corrected chi connectivity index (χ4v) is 4.74. The predicted molar refractivity (Wildman–Crippen MR) is 177 cm³/mol. The molecule has 0 aromatic heterocycles. The zero-order valence-electron chi connectivity index (χ0n) is 28.0. The van der Waals surface area contributed by atoms with E-state index in [9.17, 15) is 43.2 Å². The smallest absolute Gasteiger partial charge is 0.404 e. The minimum absolute atomic E-state index is 0.0966. The summed E-state index contributed by atoms with van der Waals surface area (Å²) in [5, 5.41) is 24.1. The lowest BCUT2D eigenvalue weighted by molar-refractivity contribution is -0.134. The fraction of sp³-hybridized carbons (Fsp3) is 0.500. The molecule has 0 spiro atoms. The van der Waals surface area contributed by atoms with Crippen molar-refractivity contribution in [3.63, 3.8) is 0 Å². The molecule has 0 radical (unpaired) electrons. The number of carbonyl (C=O) groups is 7. The highest BCUT2D eigenvalue weighted by Crippen LogP contribution is 2.37. The maximum atomic E-state index is 13.3. The minimum Gasteiger partial charge on any atom is -0.404 e.